The van der Waals surface area contributed by atoms with Crippen molar-refractivity contribution in [3.05, 3.63) is 29.1 Å². The predicted octanol–water partition coefficient (Wildman–Crippen LogP) is 3.26. The van der Waals surface area contributed by atoms with Crippen molar-refractivity contribution in [2.75, 3.05) is 7.11 Å². The molecule has 0 saturated heterocycles. The molecule has 2 nitrogen and oxygen atoms in total. The molecule has 0 unspecified atom stereocenters. The summed E-state index contributed by atoms with van der Waals surface area (Å²) >= 11 is 0. The van der Waals surface area contributed by atoms with Crippen LogP contribution in [0.3, 0.4) is 0 Å². The lowest BCUT2D eigenvalue weighted by Crippen LogP contribution is -2.39. The maximum atomic E-state index is 13.6. The lowest BCUT2D eigenvalue weighted by atomic mass is 9.76. The van der Waals surface area contributed by atoms with Gasteiger partial charge in [-0.25, -0.2) is 4.39 Å². The van der Waals surface area contributed by atoms with Crippen LogP contribution in [0, 0.1) is 12.7 Å². The molecule has 94 valence electrons. The van der Waals surface area contributed by atoms with E-state index in [2.05, 4.69) is 0 Å². The summed E-state index contributed by atoms with van der Waals surface area (Å²) < 4.78 is 18.6. The zero-order chi connectivity index (χ0) is 12.5. The summed E-state index contributed by atoms with van der Waals surface area (Å²) in [7, 11) is 1.49. The normalized spacial score (nSPS) is 19.1. The summed E-state index contributed by atoms with van der Waals surface area (Å²) in [6.45, 7) is 1.92. The number of benzene rings is 1. The molecule has 1 aromatic rings. The SMILES string of the molecule is COc1cc(C2(N)CCCCC2)c(C)cc1F. The second-order valence-electron chi connectivity index (χ2n) is 5.02. The largest absolute Gasteiger partial charge is 0.494 e. The first kappa shape index (κ1) is 12.4. The fourth-order valence-electron chi connectivity index (χ4n) is 2.80. The molecule has 0 aliphatic heterocycles. The minimum Gasteiger partial charge on any atom is -0.494 e. The second kappa shape index (κ2) is 4.65. The van der Waals surface area contributed by atoms with E-state index in [1.54, 1.807) is 6.07 Å². The van der Waals surface area contributed by atoms with Crippen LogP contribution in [0.2, 0.25) is 0 Å². The number of aryl methyl sites for hydroxylation is 1. The van der Waals surface area contributed by atoms with Gasteiger partial charge in [-0.05, 0) is 43.0 Å². The molecule has 1 aromatic carbocycles. The average Bonchev–Trinajstić information content (AvgIpc) is 2.30. The van der Waals surface area contributed by atoms with Gasteiger partial charge >= 0.3 is 0 Å². The predicted molar refractivity (Wildman–Crippen MR) is 66.6 cm³/mol. The van der Waals surface area contributed by atoms with Gasteiger partial charge in [0, 0.05) is 5.54 Å². The number of rotatable bonds is 2. The number of hydrogen-bond donors (Lipinski definition) is 1. The summed E-state index contributed by atoms with van der Waals surface area (Å²) in [5.41, 5.74) is 8.14. The summed E-state index contributed by atoms with van der Waals surface area (Å²) in [4.78, 5) is 0. The standard InChI is InChI=1S/C14H20FNO/c1-10-8-12(15)13(17-2)9-11(10)14(16)6-4-3-5-7-14/h8-9H,3-7,16H2,1-2H3. The minimum absolute atomic E-state index is 0.293. The Labute approximate surface area is 102 Å². The van der Waals surface area contributed by atoms with Gasteiger partial charge in [0.1, 0.15) is 0 Å². The molecule has 0 radical (unpaired) electrons. The Bertz CT molecular complexity index is 411. The van der Waals surface area contributed by atoms with E-state index in [1.165, 1.54) is 19.6 Å². The van der Waals surface area contributed by atoms with E-state index in [9.17, 15) is 4.39 Å². The van der Waals surface area contributed by atoms with Crippen LogP contribution in [0.1, 0.15) is 43.2 Å². The zero-order valence-electron chi connectivity index (χ0n) is 10.6. The molecular weight excluding hydrogens is 217 g/mol. The molecule has 3 heteroatoms. The molecule has 1 aliphatic rings. The summed E-state index contributed by atoms with van der Waals surface area (Å²) in [5.74, 6) is -0.0193. The molecule has 0 heterocycles. The average molecular weight is 237 g/mol. The molecule has 1 aliphatic carbocycles. The van der Waals surface area contributed by atoms with Crippen molar-refractivity contribution in [3.8, 4) is 5.75 Å². The third-order valence-electron chi connectivity index (χ3n) is 3.78. The van der Waals surface area contributed by atoms with E-state index in [0.29, 0.717) is 5.75 Å². The fraction of sp³-hybridized carbons (Fsp3) is 0.571. The van der Waals surface area contributed by atoms with Gasteiger partial charge in [-0.2, -0.15) is 0 Å². The van der Waals surface area contributed by atoms with E-state index in [-0.39, 0.29) is 11.4 Å². The van der Waals surface area contributed by atoms with Crippen LogP contribution in [0.15, 0.2) is 12.1 Å². The first-order valence-corrected chi connectivity index (χ1v) is 6.20. The maximum Gasteiger partial charge on any atom is 0.165 e. The van der Waals surface area contributed by atoms with Gasteiger partial charge < -0.3 is 10.5 Å². The smallest absolute Gasteiger partial charge is 0.165 e. The Morgan fingerprint density at radius 1 is 1.24 bits per heavy atom. The molecule has 2 rings (SSSR count). The molecule has 1 saturated carbocycles. The summed E-state index contributed by atoms with van der Waals surface area (Å²) in [5, 5.41) is 0. The van der Waals surface area contributed by atoms with Gasteiger partial charge in [-0.15, -0.1) is 0 Å². The van der Waals surface area contributed by atoms with Gasteiger partial charge in [0.05, 0.1) is 7.11 Å². The molecule has 0 bridgehead atoms. The Morgan fingerprint density at radius 2 is 1.88 bits per heavy atom. The lowest BCUT2D eigenvalue weighted by molar-refractivity contribution is 0.298. The Hall–Kier alpha value is -1.09. The van der Waals surface area contributed by atoms with Gasteiger partial charge in [0.25, 0.3) is 0 Å². The number of hydrogen-bond acceptors (Lipinski definition) is 2. The van der Waals surface area contributed by atoms with Crippen molar-refractivity contribution in [2.24, 2.45) is 5.73 Å². The Balaban J connectivity index is 2.43. The van der Waals surface area contributed by atoms with Crippen LogP contribution in [-0.4, -0.2) is 7.11 Å². The fourth-order valence-corrected chi connectivity index (χ4v) is 2.80. The minimum atomic E-state index is -0.312. The number of nitrogens with two attached hydrogens (primary N) is 1. The quantitative estimate of drug-likeness (QED) is 0.856. The van der Waals surface area contributed by atoms with Crippen molar-refractivity contribution in [2.45, 2.75) is 44.6 Å². The van der Waals surface area contributed by atoms with Crippen LogP contribution < -0.4 is 10.5 Å². The third-order valence-corrected chi connectivity index (χ3v) is 3.78. The molecule has 17 heavy (non-hydrogen) atoms. The first-order chi connectivity index (χ1) is 8.07. The summed E-state index contributed by atoms with van der Waals surface area (Å²) in [6, 6.07) is 3.30. The van der Waals surface area contributed by atoms with Gasteiger partial charge in [-0.1, -0.05) is 19.3 Å². The topological polar surface area (TPSA) is 35.2 Å². The lowest BCUT2D eigenvalue weighted by Gasteiger charge is -2.35. The number of methoxy groups -OCH3 is 1. The molecule has 0 spiro atoms. The molecule has 0 amide bonds. The van der Waals surface area contributed by atoms with E-state index in [4.69, 9.17) is 10.5 Å². The van der Waals surface area contributed by atoms with E-state index in [1.807, 2.05) is 6.92 Å². The van der Waals surface area contributed by atoms with Crippen molar-refractivity contribution in [3.63, 3.8) is 0 Å². The molecule has 0 atom stereocenters. The highest BCUT2D eigenvalue weighted by molar-refractivity contribution is 5.40. The van der Waals surface area contributed by atoms with Crippen LogP contribution >= 0.6 is 0 Å². The highest BCUT2D eigenvalue weighted by Crippen LogP contribution is 2.38. The monoisotopic (exact) mass is 237 g/mol. The van der Waals surface area contributed by atoms with Crippen LogP contribution in [0.4, 0.5) is 4.39 Å². The van der Waals surface area contributed by atoms with Crippen molar-refractivity contribution in [1.29, 1.82) is 0 Å². The van der Waals surface area contributed by atoms with Crippen LogP contribution in [0.5, 0.6) is 5.75 Å². The molecular formula is C14H20FNO. The summed E-state index contributed by atoms with van der Waals surface area (Å²) in [6.07, 6.45) is 5.49. The molecule has 2 N–H and O–H groups in total. The van der Waals surface area contributed by atoms with Gasteiger partial charge in [0.15, 0.2) is 11.6 Å². The first-order valence-electron chi connectivity index (χ1n) is 6.20. The molecule has 0 aromatic heterocycles. The maximum absolute atomic E-state index is 13.6. The van der Waals surface area contributed by atoms with E-state index in [0.717, 1.165) is 36.8 Å². The van der Waals surface area contributed by atoms with Crippen molar-refractivity contribution >= 4 is 0 Å². The number of halogens is 1. The Morgan fingerprint density at radius 3 is 2.47 bits per heavy atom. The number of ether oxygens (including phenoxy) is 1. The van der Waals surface area contributed by atoms with E-state index < -0.39 is 0 Å². The zero-order valence-corrected chi connectivity index (χ0v) is 10.6. The van der Waals surface area contributed by atoms with Crippen molar-refractivity contribution in [1.82, 2.24) is 0 Å². The van der Waals surface area contributed by atoms with Crippen LogP contribution in [-0.2, 0) is 5.54 Å². The van der Waals surface area contributed by atoms with Crippen molar-refractivity contribution < 1.29 is 9.13 Å². The third kappa shape index (κ3) is 2.29. The van der Waals surface area contributed by atoms with Gasteiger partial charge in [0.2, 0.25) is 0 Å². The second-order valence-corrected chi connectivity index (χ2v) is 5.02. The van der Waals surface area contributed by atoms with E-state index >= 15 is 0 Å². The molecule has 1 fully saturated rings. The van der Waals surface area contributed by atoms with Gasteiger partial charge in [-0.3, -0.25) is 0 Å². The highest BCUT2D eigenvalue weighted by atomic mass is 19.1. The Kier molecular flexibility index (Phi) is 3.38. The van der Waals surface area contributed by atoms with Crippen LogP contribution in [0.25, 0.3) is 0 Å². The highest BCUT2D eigenvalue weighted by Gasteiger charge is 2.31.